The fourth-order valence-corrected chi connectivity index (χ4v) is 2.81. The fraction of sp³-hybridized carbons (Fsp3) is 0.118. The molecule has 25 heavy (non-hydrogen) atoms. The van der Waals surface area contributed by atoms with Gasteiger partial charge in [0, 0.05) is 29.8 Å². The Morgan fingerprint density at radius 2 is 2.04 bits per heavy atom. The summed E-state index contributed by atoms with van der Waals surface area (Å²) in [5.41, 5.74) is 3.55. The number of ether oxygens (including phenoxy) is 1. The smallest absolute Gasteiger partial charge is 0.232 e. The summed E-state index contributed by atoms with van der Waals surface area (Å²) in [6, 6.07) is 11.3. The Kier molecular flexibility index (Phi) is 5.00. The van der Waals surface area contributed by atoms with Gasteiger partial charge in [-0.3, -0.25) is 9.54 Å². The summed E-state index contributed by atoms with van der Waals surface area (Å²) < 4.78 is 27.1. The van der Waals surface area contributed by atoms with Crippen LogP contribution >= 0.6 is 0 Å². The molecule has 0 aliphatic rings. The van der Waals surface area contributed by atoms with Crippen LogP contribution in [0.4, 0.5) is 0 Å². The van der Waals surface area contributed by atoms with Gasteiger partial charge in [-0.15, -0.1) is 0 Å². The zero-order chi connectivity index (χ0) is 17.8. The molecule has 2 N–H and O–H groups in total. The van der Waals surface area contributed by atoms with Gasteiger partial charge >= 0.3 is 0 Å². The van der Waals surface area contributed by atoms with Crippen LogP contribution in [0.25, 0.3) is 22.0 Å². The number of methoxy groups -OCH3 is 1. The SMILES string of the molecule is COc1cc2c(-c3ccc(CNS(=O)O)cc3)c(C#N)cnc2cn1. The number of rotatable bonds is 5. The second kappa shape index (κ2) is 7.36. The number of nitriles is 1. The first kappa shape index (κ1) is 17.0. The van der Waals surface area contributed by atoms with Crippen LogP contribution in [0.1, 0.15) is 11.1 Å². The Labute approximate surface area is 146 Å². The lowest BCUT2D eigenvalue weighted by molar-refractivity contribution is 0.398. The molecule has 0 bridgehead atoms. The lowest BCUT2D eigenvalue weighted by Gasteiger charge is -2.10. The molecule has 1 aromatic carbocycles. The lowest BCUT2D eigenvalue weighted by atomic mass is 9.97. The van der Waals surface area contributed by atoms with Crippen LogP contribution in [0.15, 0.2) is 42.7 Å². The normalized spacial score (nSPS) is 11.9. The molecule has 3 rings (SSSR count). The zero-order valence-corrected chi connectivity index (χ0v) is 14.1. The molecule has 0 aliphatic carbocycles. The van der Waals surface area contributed by atoms with Gasteiger partial charge in [0.05, 0.1) is 24.4 Å². The van der Waals surface area contributed by atoms with Crippen LogP contribution < -0.4 is 9.46 Å². The minimum Gasteiger partial charge on any atom is -0.481 e. The molecule has 1 atom stereocenters. The van der Waals surface area contributed by atoms with Gasteiger partial charge < -0.3 is 4.74 Å². The molecule has 3 aromatic rings. The molecular weight excluding hydrogens is 340 g/mol. The third kappa shape index (κ3) is 3.64. The van der Waals surface area contributed by atoms with E-state index in [-0.39, 0.29) is 6.54 Å². The molecular formula is C17H14N4O3S. The molecule has 0 spiro atoms. The van der Waals surface area contributed by atoms with Crippen molar-refractivity contribution in [2.24, 2.45) is 0 Å². The van der Waals surface area contributed by atoms with Crippen molar-refractivity contribution < 1.29 is 13.5 Å². The number of hydrogen-bond acceptors (Lipinski definition) is 5. The fourth-order valence-electron chi connectivity index (χ4n) is 2.52. The highest BCUT2D eigenvalue weighted by atomic mass is 32.2. The average molecular weight is 354 g/mol. The molecule has 0 radical (unpaired) electrons. The van der Waals surface area contributed by atoms with E-state index in [2.05, 4.69) is 20.8 Å². The van der Waals surface area contributed by atoms with E-state index in [0.29, 0.717) is 17.0 Å². The predicted octanol–water partition coefficient (Wildman–Crippen LogP) is 2.40. The van der Waals surface area contributed by atoms with Gasteiger partial charge in [0.1, 0.15) is 6.07 Å². The van der Waals surface area contributed by atoms with Crippen molar-refractivity contribution in [3.63, 3.8) is 0 Å². The molecule has 0 amide bonds. The Hall–Kier alpha value is -2.86. The number of aromatic nitrogens is 2. The van der Waals surface area contributed by atoms with E-state index in [1.807, 2.05) is 24.3 Å². The number of pyridine rings is 2. The molecule has 2 heterocycles. The molecule has 0 aliphatic heterocycles. The summed E-state index contributed by atoms with van der Waals surface area (Å²) in [5, 5.41) is 10.2. The van der Waals surface area contributed by atoms with Crippen molar-refractivity contribution in [1.29, 1.82) is 5.26 Å². The first-order valence-electron chi connectivity index (χ1n) is 7.29. The van der Waals surface area contributed by atoms with Gasteiger partial charge in [0.2, 0.25) is 17.1 Å². The lowest BCUT2D eigenvalue weighted by Crippen LogP contribution is -2.15. The van der Waals surface area contributed by atoms with E-state index in [1.54, 1.807) is 12.3 Å². The Morgan fingerprint density at radius 3 is 2.68 bits per heavy atom. The minimum atomic E-state index is -2.06. The summed E-state index contributed by atoms with van der Waals surface area (Å²) in [6.07, 6.45) is 3.13. The highest BCUT2D eigenvalue weighted by Crippen LogP contribution is 2.32. The first-order chi connectivity index (χ1) is 12.1. The van der Waals surface area contributed by atoms with E-state index in [1.165, 1.54) is 13.3 Å². The van der Waals surface area contributed by atoms with Gasteiger partial charge in [-0.1, -0.05) is 24.3 Å². The zero-order valence-electron chi connectivity index (χ0n) is 13.3. The van der Waals surface area contributed by atoms with E-state index < -0.39 is 11.3 Å². The van der Waals surface area contributed by atoms with Crippen LogP contribution in [0.3, 0.4) is 0 Å². The van der Waals surface area contributed by atoms with Crippen molar-refractivity contribution in [2.75, 3.05) is 7.11 Å². The molecule has 126 valence electrons. The topological polar surface area (TPSA) is 108 Å². The third-order valence-electron chi connectivity index (χ3n) is 3.70. The van der Waals surface area contributed by atoms with Gasteiger partial charge in [-0.05, 0) is 11.1 Å². The summed E-state index contributed by atoms with van der Waals surface area (Å²) in [7, 11) is 1.53. The van der Waals surface area contributed by atoms with Gasteiger partial charge in [0.15, 0.2) is 0 Å². The van der Waals surface area contributed by atoms with Crippen molar-refractivity contribution in [3.05, 3.63) is 53.9 Å². The third-order valence-corrected chi connectivity index (χ3v) is 4.09. The molecule has 2 aromatic heterocycles. The monoisotopic (exact) mass is 354 g/mol. The summed E-state index contributed by atoms with van der Waals surface area (Å²) in [6.45, 7) is 0.267. The molecule has 0 fully saturated rings. The van der Waals surface area contributed by atoms with Crippen LogP contribution in [-0.4, -0.2) is 25.8 Å². The highest BCUT2D eigenvalue weighted by molar-refractivity contribution is 7.77. The molecule has 1 unspecified atom stereocenters. The number of benzene rings is 1. The van der Waals surface area contributed by atoms with Crippen LogP contribution in [0.2, 0.25) is 0 Å². The van der Waals surface area contributed by atoms with Crippen LogP contribution in [0, 0.1) is 11.3 Å². The van der Waals surface area contributed by atoms with Gasteiger partial charge in [-0.2, -0.15) is 5.26 Å². The van der Waals surface area contributed by atoms with Crippen molar-refractivity contribution >= 4 is 22.2 Å². The largest absolute Gasteiger partial charge is 0.481 e. The molecule has 0 saturated carbocycles. The summed E-state index contributed by atoms with van der Waals surface area (Å²) >= 11 is -2.06. The molecule has 0 saturated heterocycles. The van der Waals surface area contributed by atoms with Crippen LogP contribution in [0.5, 0.6) is 5.88 Å². The standard InChI is InChI=1S/C17H14N4O3S/c1-24-16-6-14-15(10-20-16)19-9-13(7-18)17(14)12-4-2-11(3-5-12)8-21-25(22)23/h2-6,9-10,21H,8H2,1H3,(H,22,23). The predicted molar refractivity (Wildman–Crippen MR) is 93.9 cm³/mol. The second-order valence-electron chi connectivity index (χ2n) is 5.17. The average Bonchev–Trinajstić information content (AvgIpc) is 2.65. The number of nitrogens with zero attached hydrogens (tertiary/aromatic N) is 3. The Morgan fingerprint density at radius 1 is 1.28 bits per heavy atom. The van der Waals surface area contributed by atoms with E-state index in [9.17, 15) is 9.47 Å². The van der Waals surface area contributed by atoms with Crippen molar-refractivity contribution in [1.82, 2.24) is 14.7 Å². The highest BCUT2D eigenvalue weighted by Gasteiger charge is 2.12. The van der Waals surface area contributed by atoms with E-state index in [4.69, 9.17) is 9.29 Å². The maximum Gasteiger partial charge on any atom is 0.232 e. The van der Waals surface area contributed by atoms with Crippen molar-refractivity contribution in [2.45, 2.75) is 6.54 Å². The Bertz CT molecular complexity index is 984. The first-order valence-corrected chi connectivity index (χ1v) is 8.39. The molecule has 8 heteroatoms. The molecule has 7 nitrogen and oxygen atoms in total. The van der Waals surface area contributed by atoms with Crippen molar-refractivity contribution in [3.8, 4) is 23.1 Å². The van der Waals surface area contributed by atoms with E-state index in [0.717, 1.165) is 22.1 Å². The van der Waals surface area contributed by atoms with Gasteiger partial charge in [0.25, 0.3) is 0 Å². The Balaban J connectivity index is 2.10. The number of fused-ring (bicyclic) bond motifs is 1. The minimum absolute atomic E-state index is 0.267. The van der Waals surface area contributed by atoms with Crippen LogP contribution in [-0.2, 0) is 17.8 Å². The van der Waals surface area contributed by atoms with Gasteiger partial charge in [-0.25, -0.2) is 13.9 Å². The maximum atomic E-state index is 10.7. The number of hydrogen-bond donors (Lipinski definition) is 2. The van der Waals surface area contributed by atoms with E-state index >= 15 is 0 Å². The summed E-state index contributed by atoms with van der Waals surface area (Å²) in [4.78, 5) is 8.41. The quantitative estimate of drug-likeness (QED) is 0.681. The summed E-state index contributed by atoms with van der Waals surface area (Å²) in [5.74, 6) is 0.442. The second-order valence-corrected chi connectivity index (χ2v) is 5.96. The number of nitrogens with one attached hydrogen (secondary N) is 1. The maximum absolute atomic E-state index is 10.7.